The molecular weight excluding hydrogens is 362 g/mol. The van der Waals surface area contributed by atoms with E-state index in [2.05, 4.69) is 36.3 Å². The van der Waals surface area contributed by atoms with Gasteiger partial charge in [-0.15, -0.1) is 0 Å². The molecule has 0 radical (unpaired) electrons. The normalized spacial score (nSPS) is 12.7. The molecule has 5 nitrogen and oxygen atoms in total. The standard InChI is InChI=1S/C24H49N3O2/c1-3-4-5-12-16-23(28)17-13-10-8-6-7-9-11-14-18-24(29)26-20-22-27(2)21-15-19-25/h10,13,23,28H,3-9,11-12,14-22,25H2,1-2H3,(H,26,29)/b13-10-. The van der Waals surface area contributed by atoms with E-state index >= 15 is 0 Å². The second kappa shape index (κ2) is 21.8. The smallest absolute Gasteiger partial charge is 0.220 e. The Morgan fingerprint density at radius 3 is 2.48 bits per heavy atom. The molecule has 1 amide bonds. The van der Waals surface area contributed by atoms with Gasteiger partial charge < -0.3 is 21.1 Å². The zero-order chi connectivity index (χ0) is 21.6. The maximum atomic E-state index is 11.8. The SMILES string of the molecule is CCCCCCC(O)C/C=C\CCCCCCCC(=O)NCCN(C)CCCN. The summed E-state index contributed by atoms with van der Waals surface area (Å²) in [7, 11) is 2.06. The lowest BCUT2D eigenvalue weighted by Gasteiger charge is -2.16. The Kier molecular flexibility index (Phi) is 21.1. The van der Waals surface area contributed by atoms with E-state index in [1.165, 1.54) is 38.5 Å². The summed E-state index contributed by atoms with van der Waals surface area (Å²) < 4.78 is 0. The summed E-state index contributed by atoms with van der Waals surface area (Å²) in [6.45, 7) is 5.52. The molecule has 0 aliphatic rings. The van der Waals surface area contributed by atoms with Crippen molar-refractivity contribution in [1.29, 1.82) is 0 Å². The molecule has 0 aliphatic heterocycles. The number of likely N-dealkylation sites (N-methyl/N-ethyl adjacent to an activating group) is 1. The van der Waals surface area contributed by atoms with Crippen molar-refractivity contribution in [1.82, 2.24) is 10.2 Å². The Balaban J connectivity index is 3.38. The summed E-state index contributed by atoms with van der Waals surface area (Å²) in [5.74, 6) is 0.174. The third-order valence-corrected chi connectivity index (χ3v) is 5.30. The summed E-state index contributed by atoms with van der Waals surface area (Å²) in [5, 5.41) is 12.9. The lowest BCUT2D eigenvalue weighted by molar-refractivity contribution is -0.121. The molecule has 0 bridgehead atoms. The minimum Gasteiger partial charge on any atom is -0.393 e. The first-order valence-electron chi connectivity index (χ1n) is 12.1. The molecule has 29 heavy (non-hydrogen) atoms. The van der Waals surface area contributed by atoms with Crippen LogP contribution in [0.1, 0.15) is 96.8 Å². The lowest BCUT2D eigenvalue weighted by Crippen LogP contribution is -2.33. The van der Waals surface area contributed by atoms with Crippen molar-refractivity contribution < 1.29 is 9.90 Å². The first-order chi connectivity index (χ1) is 14.1. The highest BCUT2D eigenvalue weighted by Gasteiger charge is 2.03. The third-order valence-electron chi connectivity index (χ3n) is 5.30. The van der Waals surface area contributed by atoms with Crippen molar-refractivity contribution >= 4 is 5.91 Å². The van der Waals surface area contributed by atoms with Gasteiger partial charge in [0.2, 0.25) is 5.91 Å². The van der Waals surface area contributed by atoms with Gasteiger partial charge in [0.05, 0.1) is 6.10 Å². The van der Waals surface area contributed by atoms with Gasteiger partial charge >= 0.3 is 0 Å². The fraction of sp³-hybridized carbons (Fsp3) is 0.875. The molecule has 0 aromatic heterocycles. The van der Waals surface area contributed by atoms with E-state index in [1.807, 2.05) is 0 Å². The molecule has 0 fully saturated rings. The van der Waals surface area contributed by atoms with E-state index in [9.17, 15) is 9.90 Å². The van der Waals surface area contributed by atoms with Gasteiger partial charge in [0.1, 0.15) is 0 Å². The Morgan fingerprint density at radius 2 is 1.72 bits per heavy atom. The number of hydrogen-bond donors (Lipinski definition) is 3. The molecule has 0 saturated carbocycles. The number of carbonyl (C=O) groups excluding carboxylic acids is 1. The lowest BCUT2D eigenvalue weighted by atomic mass is 10.1. The summed E-state index contributed by atoms with van der Waals surface area (Å²) in [4.78, 5) is 14.0. The number of nitrogens with two attached hydrogens (primary N) is 1. The zero-order valence-corrected chi connectivity index (χ0v) is 19.3. The fourth-order valence-electron chi connectivity index (χ4n) is 3.32. The van der Waals surface area contributed by atoms with Crippen molar-refractivity contribution in [2.45, 2.75) is 103 Å². The molecule has 0 aromatic carbocycles. The Morgan fingerprint density at radius 1 is 1.00 bits per heavy atom. The molecule has 0 aliphatic carbocycles. The van der Waals surface area contributed by atoms with Gasteiger partial charge in [-0.05, 0) is 58.7 Å². The molecule has 1 atom stereocenters. The summed E-state index contributed by atoms with van der Waals surface area (Å²) >= 11 is 0. The number of rotatable bonds is 21. The molecular formula is C24H49N3O2. The van der Waals surface area contributed by atoms with E-state index in [-0.39, 0.29) is 12.0 Å². The highest BCUT2D eigenvalue weighted by molar-refractivity contribution is 5.75. The van der Waals surface area contributed by atoms with Crippen LogP contribution in [0.15, 0.2) is 12.2 Å². The average molecular weight is 412 g/mol. The average Bonchev–Trinajstić information content (AvgIpc) is 2.71. The molecule has 4 N–H and O–H groups in total. The van der Waals surface area contributed by atoms with Crippen molar-refractivity contribution in [3.05, 3.63) is 12.2 Å². The quantitative estimate of drug-likeness (QED) is 0.193. The number of unbranched alkanes of at least 4 members (excludes halogenated alkanes) is 8. The van der Waals surface area contributed by atoms with Gasteiger partial charge in [-0.2, -0.15) is 0 Å². The van der Waals surface area contributed by atoms with Crippen LogP contribution in [0.3, 0.4) is 0 Å². The zero-order valence-electron chi connectivity index (χ0n) is 19.3. The highest BCUT2D eigenvalue weighted by atomic mass is 16.3. The molecule has 0 heterocycles. The van der Waals surface area contributed by atoms with Crippen molar-refractivity contribution in [2.24, 2.45) is 5.73 Å². The molecule has 0 saturated heterocycles. The number of aliphatic hydroxyl groups excluding tert-OH is 1. The van der Waals surface area contributed by atoms with Crippen LogP contribution in [0.2, 0.25) is 0 Å². The van der Waals surface area contributed by atoms with Gasteiger partial charge in [0.15, 0.2) is 0 Å². The van der Waals surface area contributed by atoms with Crippen LogP contribution in [0, 0.1) is 0 Å². The first-order valence-corrected chi connectivity index (χ1v) is 12.1. The van der Waals surface area contributed by atoms with E-state index in [0.717, 1.165) is 71.1 Å². The minimum atomic E-state index is -0.166. The number of aliphatic hydroxyl groups is 1. The number of nitrogens with one attached hydrogen (secondary N) is 1. The molecule has 0 rings (SSSR count). The topological polar surface area (TPSA) is 78.6 Å². The molecule has 5 heteroatoms. The molecule has 172 valence electrons. The Bertz CT molecular complexity index is 388. The van der Waals surface area contributed by atoms with Crippen molar-refractivity contribution in [2.75, 3.05) is 33.2 Å². The number of carbonyl (C=O) groups is 1. The number of nitrogens with zero attached hydrogens (tertiary/aromatic N) is 1. The number of hydrogen-bond acceptors (Lipinski definition) is 4. The predicted molar refractivity (Wildman–Crippen MR) is 125 cm³/mol. The fourth-order valence-corrected chi connectivity index (χ4v) is 3.32. The van der Waals surface area contributed by atoms with Gasteiger partial charge in [-0.25, -0.2) is 0 Å². The van der Waals surface area contributed by atoms with E-state index < -0.39 is 0 Å². The van der Waals surface area contributed by atoms with Crippen LogP contribution in [0.4, 0.5) is 0 Å². The van der Waals surface area contributed by atoms with Gasteiger partial charge in [-0.1, -0.05) is 64.0 Å². The van der Waals surface area contributed by atoms with Crippen LogP contribution in [-0.2, 0) is 4.79 Å². The summed E-state index contributed by atoms with van der Waals surface area (Å²) in [5.41, 5.74) is 5.50. The molecule has 0 aromatic rings. The van der Waals surface area contributed by atoms with E-state index in [4.69, 9.17) is 5.73 Å². The largest absolute Gasteiger partial charge is 0.393 e. The van der Waals surface area contributed by atoms with Gasteiger partial charge in [0.25, 0.3) is 0 Å². The minimum absolute atomic E-state index is 0.166. The Labute approximate surface area is 180 Å². The third kappa shape index (κ3) is 21.6. The second-order valence-corrected chi connectivity index (χ2v) is 8.31. The Hall–Kier alpha value is -0.910. The summed E-state index contributed by atoms with van der Waals surface area (Å²) in [6, 6.07) is 0. The van der Waals surface area contributed by atoms with Crippen LogP contribution >= 0.6 is 0 Å². The van der Waals surface area contributed by atoms with Crippen LogP contribution in [0.25, 0.3) is 0 Å². The van der Waals surface area contributed by atoms with E-state index in [0.29, 0.717) is 6.42 Å². The van der Waals surface area contributed by atoms with Crippen LogP contribution in [-0.4, -0.2) is 55.2 Å². The van der Waals surface area contributed by atoms with Crippen LogP contribution in [0.5, 0.6) is 0 Å². The first kappa shape index (κ1) is 28.1. The molecule has 0 spiro atoms. The van der Waals surface area contributed by atoms with Gasteiger partial charge in [-0.3, -0.25) is 4.79 Å². The predicted octanol–water partition coefficient (Wildman–Crippen LogP) is 4.39. The number of allylic oxidation sites excluding steroid dienone is 1. The maximum Gasteiger partial charge on any atom is 0.220 e. The number of amides is 1. The van der Waals surface area contributed by atoms with Crippen molar-refractivity contribution in [3.8, 4) is 0 Å². The highest BCUT2D eigenvalue weighted by Crippen LogP contribution is 2.10. The van der Waals surface area contributed by atoms with E-state index in [1.54, 1.807) is 0 Å². The summed E-state index contributed by atoms with van der Waals surface area (Å²) in [6.07, 6.45) is 19.3. The van der Waals surface area contributed by atoms with Crippen LogP contribution < -0.4 is 11.1 Å². The van der Waals surface area contributed by atoms with Crippen molar-refractivity contribution in [3.63, 3.8) is 0 Å². The maximum absolute atomic E-state index is 11.8. The van der Waals surface area contributed by atoms with Gasteiger partial charge in [0, 0.05) is 19.5 Å². The monoisotopic (exact) mass is 411 g/mol. The molecule has 1 unspecified atom stereocenters. The second-order valence-electron chi connectivity index (χ2n) is 8.31.